The van der Waals surface area contributed by atoms with Gasteiger partial charge < -0.3 is 4.74 Å². The molecule has 0 aromatic carbocycles. The predicted molar refractivity (Wildman–Crippen MR) is 64.4 cm³/mol. The third-order valence-corrected chi connectivity index (χ3v) is 2.53. The largest absolute Gasteiger partial charge is 0.444 e. The van der Waals surface area contributed by atoms with E-state index in [9.17, 15) is 9.59 Å². The van der Waals surface area contributed by atoms with Crippen molar-refractivity contribution >= 4 is 11.9 Å². The van der Waals surface area contributed by atoms with Crippen LogP contribution in [0.1, 0.15) is 40.0 Å². The summed E-state index contributed by atoms with van der Waals surface area (Å²) in [5.41, 5.74) is -0.542. The van der Waals surface area contributed by atoms with Crippen LogP contribution >= 0.6 is 0 Å². The molecule has 1 aliphatic rings. The Labute approximate surface area is 102 Å². The van der Waals surface area contributed by atoms with Gasteiger partial charge in [-0.25, -0.2) is 4.79 Å². The van der Waals surface area contributed by atoms with Gasteiger partial charge in [0.05, 0.1) is 12.5 Å². The molecule has 0 aliphatic carbocycles. The summed E-state index contributed by atoms with van der Waals surface area (Å²) in [6.07, 6.45) is 6.26. The van der Waals surface area contributed by atoms with Crippen molar-refractivity contribution in [3.63, 3.8) is 0 Å². The number of amides is 1. The van der Waals surface area contributed by atoms with E-state index in [1.54, 1.807) is 20.8 Å². The summed E-state index contributed by atoms with van der Waals surface area (Å²) in [7, 11) is 0. The third-order valence-electron chi connectivity index (χ3n) is 2.53. The predicted octanol–water partition coefficient (Wildman–Crippen LogP) is 1.98. The normalized spacial score (nSPS) is 19.9. The molecule has 0 radical (unpaired) electrons. The number of ether oxygens (including phenoxy) is 1. The second-order valence-corrected chi connectivity index (χ2v) is 5.18. The molecule has 1 rings (SSSR count). The van der Waals surface area contributed by atoms with Crippen LogP contribution in [0.5, 0.6) is 0 Å². The second-order valence-electron chi connectivity index (χ2n) is 5.18. The molecule has 1 heterocycles. The lowest BCUT2D eigenvalue weighted by molar-refractivity contribution is -0.122. The molecule has 0 saturated carbocycles. The van der Waals surface area contributed by atoms with E-state index >= 15 is 0 Å². The Balaban J connectivity index is 2.67. The van der Waals surface area contributed by atoms with E-state index in [4.69, 9.17) is 11.2 Å². The van der Waals surface area contributed by atoms with Gasteiger partial charge in [-0.3, -0.25) is 9.69 Å². The summed E-state index contributed by atoms with van der Waals surface area (Å²) in [5.74, 6) is 2.25. The molecule has 0 spiro atoms. The van der Waals surface area contributed by atoms with Gasteiger partial charge in [0.25, 0.3) is 0 Å². The first-order valence-electron chi connectivity index (χ1n) is 5.81. The Hall–Kier alpha value is -1.50. The van der Waals surface area contributed by atoms with Crippen molar-refractivity contribution in [1.82, 2.24) is 4.90 Å². The Morgan fingerprint density at radius 3 is 2.65 bits per heavy atom. The summed E-state index contributed by atoms with van der Waals surface area (Å²) in [6, 6.07) is -0.402. The molecule has 1 fully saturated rings. The van der Waals surface area contributed by atoms with Crippen LogP contribution in [0.15, 0.2) is 0 Å². The fourth-order valence-corrected chi connectivity index (χ4v) is 1.86. The second kappa shape index (κ2) is 5.22. The zero-order valence-electron chi connectivity index (χ0n) is 10.7. The van der Waals surface area contributed by atoms with Gasteiger partial charge in [-0.1, -0.05) is 5.92 Å². The molecule has 0 N–H and O–H groups in total. The highest BCUT2D eigenvalue weighted by atomic mass is 16.6. The highest BCUT2D eigenvalue weighted by Gasteiger charge is 2.35. The summed E-state index contributed by atoms with van der Waals surface area (Å²) in [5, 5.41) is 0. The van der Waals surface area contributed by atoms with Gasteiger partial charge in [-0.05, 0) is 33.6 Å². The van der Waals surface area contributed by atoms with E-state index in [2.05, 4.69) is 5.92 Å². The standard InChI is InChI=1S/C13H19NO3/c1-5-7-11(15)10-8-6-9-14(10)12(16)17-13(2,3)4/h1,10H,6-9H2,2-4H3/t10-/m0/s1. The number of hydrogen-bond donors (Lipinski definition) is 0. The maximum absolute atomic E-state index is 11.9. The highest BCUT2D eigenvalue weighted by molar-refractivity contribution is 5.89. The van der Waals surface area contributed by atoms with Crippen LogP contribution in [-0.4, -0.2) is 35.0 Å². The van der Waals surface area contributed by atoms with Crippen LogP contribution in [0.4, 0.5) is 4.79 Å². The molecule has 4 nitrogen and oxygen atoms in total. The molecule has 1 amide bonds. The van der Waals surface area contributed by atoms with E-state index in [1.807, 2.05) is 0 Å². The maximum atomic E-state index is 11.9. The quantitative estimate of drug-likeness (QED) is 0.690. The SMILES string of the molecule is C#CCC(=O)[C@@H]1CCCN1C(=O)OC(C)(C)C. The van der Waals surface area contributed by atoms with Crippen molar-refractivity contribution in [3.05, 3.63) is 0 Å². The Morgan fingerprint density at radius 2 is 2.12 bits per heavy atom. The van der Waals surface area contributed by atoms with Crippen LogP contribution in [0.25, 0.3) is 0 Å². The molecule has 94 valence electrons. The van der Waals surface area contributed by atoms with Gasteiger partial charge in [0.15, 0.2) is 5.78 Å². The van der Waals surface area contributed by atoms with Crippen molar-refractivity contribution < 1.29 is 14.3 Å². The zero-order chi connectivity index (χ0) is 13.1. The number of rotatable bonds is 2. The molecular weight excluding hydrogens is 218 g/mol. The fraction of sp³-hybridized carbons (Fsp3) is 0.692. The van der Waals surface area contributed by atoms with E-state index in [-0.39, 0.29) is 12.2 Å². The zero-order valence-corrected chi connectivity index (χ0v) is 10.7. The van der Waals surface area contributed by atoms with E-state index in [0.717, 1.165) is 6.42 Å². The van der Waals surface area contributed by atoms with Crippen LogP contribution < -0.4 is 0 Å². The topological polar surface area (TPSA) is 46.6 Å². The Bertz CT molecular complexity index is 349. The minimum absolute atomic E-state index is 0.0733. The molecular formula is C13H19NO3. The fourth-order valence-electron chi connectivity index (χ4n) is 1.86. The van der Waals surface area contributed by atoms with Crippen molar-refractivity contribution in [2.75, 3.05) is 6.54 Å². The Kier molecular flexibility index (Phi) is 4.17. The summed E-state index contributed by atoms with van der Waals surface area (Å²) in [4.78, 5) is 25.1. The Morgan fingerprint density at radius 1 is 1.47 bits per heavy atom. The van der Waals surface area contributed by atoms with Crippen LogP contribution in [0, 0.1) is 12.3 Å². The summed E-state index contributed by atoms with van der Waals surface area (Å²) >= 11 is 0. The molecule has 1 atom stereocenters. The number of likely N-dealkylation sites (tertiary alicyclic amines) is 1. The lowest BCUT2D eigenvalue weighted by atomic mass is 10.1. The van der Waals surface area contributed by atoms with Crippen molar-refractivity contribution in [2.45, 2.75) is 51.7 Å². The molecule has 0 aromatic rings. The lowest BCUT2D eigenvalue weighted by Crippen LogP contribution is -2.43. The minimum atomic E-state index is -0.542. The molecule has 0 unspecified atom stereocenters. The summed E-state index contributed by atoms with van der Waals surface area (Å²) < 4.78 is 5.26. The number of carbonyl (C=O) groups excluding carboxylic acids is 2. The molecule has 0 aromatic heterocycles. The number of ketones is 1. The average Bonchev–Trinajstić information content (AvgIpc) is 2.63. The van der Waals surface area contributed by atoms with Gasteiger partial charge in [-0.15, -0.1) is 6.42 Å². The number of hydrogen-bond acceptors (Lipinski definition) is 3. The number of carbonyl (C=O) groups is 2. The van der Waals surface area contributed by atoms with Crippen molar-refractivity contribution in [1.29, 1.82) is 0 Å². The molecule has 1 saturated heterocycles. The van der Waals surface area contributed by atoms with Crippen LogP contribution in [0.3, 0.4) is 0 Å². The van der Waals surface area contributed by atoms with E-state index in [1.165, 1.54) is 4.90 Å². The van der Waals surface area contributed by atoms with Crippen LogP contribution in [0.2, 0.25) is 0 Å². The molecule has 1 aliphatic heterocycles. The van der Waals surface area contributed by atoms with Gasteiger partial charge in [-0.2, -0.15) is 0 Å². The van der Waals surface area contributed by atoms with E-state index in [0.29, 0.717) is 13.0 Å². The number of Topliss-reactive ketones (excluding diaryl/α,β-unsaturated/α-hetero) is 1. The number of terminal acetylenes is 1. The first-order valence-corrected chi connectivity index (χ1v) is 5.81. The highest BCUT2D eigenvalue weighted by Crippen LogP contribution is 2.22. The van der Waals surface area contributed by atoms with Gasteiger partial charge >= 0.3 is 6.09 Å². The third kappa shape index (κ3) is 3.77. The molecule has 4 heteroatoms. The van der Waals surface area contributed by atoms with Crippen molar-refractivity contribution in [2.24, 2.45) is 0 Å². The number of nitrogens with zero attached hydrogens (tertiary/aromatic N) is 1. The van der Waals surface area contributed by atoms with Gasteiger partial charge in [0, 0.05) is 6.54 Å². The lowest BCUT2D eigenvalue weighted by Gasteiger charge is -2.27. The maximum Gasteiger partial charge on any atom is 0.410 e. The van der Waals surface area contributed by atoms with E-state index < -0.39 is 17.7 Å². The molecule has 17 heavy (non-hydrogen) atoms. The first-order chi connectivity index (χ1) is 7.85. The van der Waals surface area contributed by atoms with Crippen LogP contribution in [-0.2, 0) is 9.53 Å². The van der Waals surface area contributed by atoms with Crippen molar-refractivity contribution in [3.8, 4) is 12.3 Å². The smallest absolute Gasteiger partial charge is 0.410 e. The average molecular weight is 237 g/mol. The van der Waals surface area contributed by atoms with Gasteiger partial charge in [0.2, 0.25) is 0 Å². The minimum Gasteiger partial charge on any atom is -0.444 e. The first kappa shape index (κ1) is 13.6. The summed E-state index contributed by atoms with van der Waals surface area (Å²) in [6.45, 7) is 5.98. The monoisotopic (exact) mass is 237 g/mol. The molecule has 0 bridgehead atoms. The van der Waals surface area contributed by atoms with Gasteiger partial charge in [0.1, 0.15) is 5.60 Å².